The van der Waals surface area contributed by atoms with E-state index in [1.165, 1.54) is 24.4 Å². The summed E-state index contributed by atoms with van der Waals surface area (Å²) in [7, 11) is 1.78. The minimum absolute atomic E-state index is 0.0238. The van der Waals surface area contributed by atoms with Gasteiger partial charge >= 0.3 is 6.18 Å². The van der Waals surface area contributed by atoms with Crippen molar-refractivity contribution in [2.75, 3.05) is 12.4 Å². The van der Waals surface area contributed by atoms with E-state index in [0.29, 0.717) is 17.6 Å². The maximum atomic E-state index is 13.1. The van der Waals surface area contributed by atoms with Crippen molar-refractivity contribution in [1.29, 1.82) is 0 Å². The van der Waals surface area contributed by atoms with Crippen LogP contribution in [-0.2, 0) is 12.7 Å². The van der Waals surface area contributed by atoms with Gasteiger partial charge in [0.15, 0.2) is 0 Å². The van der Waals surface area contributed by atoms with Crippen LogP contribution in [0.2, 0.25) is 5.02 Å². The normalized spacial score (nSPS) is 11.6. The molecular formula is C24H18ClF3N4O2. The molecule has 0 atom stereocenters. The summed E-state index contributed by atoms with van der Waals surface area (Å²) in [5, 5.41) is 10.6. The van der Waals surface area contributed by atoms with E-state index < -0.39 is 23.2 Å². The molecule has 1 heterocycles. The van der Waals surface area contributed by atoms with Gasteiger partial charge in [-0.3, -0.25) is 9.59 Å². The second-order valence-electron chi connectivity index (χ2n) is 7.51. The van der Waals surface area contributed by atoms with Crippen LogP contribution in [0.4, 0.5) is 18.9 Å². The van der Waals surface area contributed by atoms with Crippen LogP contribution in [0.3, 0.4) is 0 Å². The first-order valence-electron chi connectivity index (χ1n) is 10.1. The maximum Gasteiger partial charge on any atom is 0.416 e. The molecule has 0 saturated carbocycles. The Labute approximate surface area is 197 Å². The van der Waals surface area contributed by atoms with Crippen LogP contribution in [0.1, 0.15) is 21.5 Å². The standard InChI is InChI=1S/C24H18ClF3N4O2/c1-29-12-14-5-8-21(25)20(9-14)22(33)31-17-7-6-15-13-30-32(23(34)19(15)11-17)18-4-2-3-16(10-18)24(26,27)28/h2-11,13,29H,12H2,1H3,(H,31,33). The summed E-state index contributed by atoms with van der Waals surface area (Å²) in [6.45, 7) is 0.551. The van der Waals surface area contributed by atoms with Crippen molar-refractivity contribution in [3.05, 3.63) is 98.9 Å². The molecule has 0 saturated heterocycles. The number of halogens is 4. The SMILES string of the molecule is CNCc1ccc(Cl)c(C(=O)Nc2ccc3cnn(-c4cccc(C(F)(F)F)c4)c(=O)c3c2)c1. The van der Waals surface area contributed by atoms with E-state index in [1.54, 1.807) is 37.4 Å². The zero-order valence-corrected chi connectivity index (χ0v) is 18.5. The van der Waals surface area contributed by atoms with Crippen molar-refractivity contribution in [2.24, 2.45) is 0 Å². The molecule has 4 aromatic rings. The third-order valence-corrected chi connectivity index (χ3v) is 5.45. The number of rotatable bonds is 5. The predicted octanol–water partition coefficient (Wildman–Crippen LogP) is 5.03. The molecule has 10 heteroatoms. The van der Waals surface area contributed by atoms with E-state index in [0.717, 1.165) is 22.4 Å². The fourth-order valence-corrected chi connectivity index (χ4v) is 3.68. The van der Waals surface area contributed by atoms with E-state index in [1.807, 2.05) is 0 Å². The molecule has 174 valence electrons. The molecule has 4 rings (SSSR count). The third-order valence-electron chi connectivity index (χ3n) is 5.12. The first-order valence-corrected chi connectivity index (χ1v) is 10.5. The predicted molar refractivity (Wildman–Crippen MR) is 125 cm³/mol. The molecular weight excluding hydrogens is 469 g/mol. The number of carbonyl (C=O) groups is 1. The Morgan fingerprint density at radius 1 is 1.09 bits per heavy atom. The van der Waals surface area contributed by atoms with Crippen LogP contribution in [0.5, 0.6) is 0 Å². The van der Waals surface area contributed by atoms with E-state index in [4.69, 9.17) is 11.6 Å². The number of aromatic nitrogens is 2. The Bertz CT molecular complexity index is 1450. The van der Waals surface area contributed by atoms with E-state index in [2.05, 4.69) is 15.7 Å². The van der Waals surface area contributed by atoms with Crippen molar-refractivity contribution in [2.45, 2.75) is 12.7 Å². The summed E-state index contributed by atoms with van der Waals surface area (Å²) in [5.74, 6) is -0.463. The number of fused-ring (bicyclic) bond motifs is 1. The number of nitrogens with zero attached hydrogens (tertiary/aromatic N) is 2. The van der Waals surface area contributed by atoms with Crippen LogP contribution < -0.4 is 16.2 Å². The molecule has 0 aliphatic rings. The Kier molecular flexibility index (Phi) is 6.41. The number of amides is 1. The van der Waals surface area contributed by atoms with Gasteiger partial charge in [-0.2, -0.15) is 23.0 Å². The van der Waals surface area contributed by atoms with Gasteiger partial charge in [-0.1, -0.05) is 29.8 Å². The van der Waals surface area contributed by atoms with Gasteiger partial charge < -0.3 is 10.6 Å². The Balaban J connectivity index is 1.70. The van der Waals surface area contributed by atoms with Crippen LogP contribution in [0.25, 0.3) is 16.5 Å². The summed E-state index contributed by atoms with van der Waals surface area (Å²) >= 11 is 6.19. The summed E-state index contributed by atoms with van der Waals surface area (Å²) in [6, 6.07) is 14.1. The molecule has 0 unspecified atom stereocenters. The maximum absolute atomic E-state index is 13.1. The first-order chi connectivity index (χ1) is 16.2. The van der Waals surface area contributed by atoms with E-state index in [-0.39, 0.29) is 21.7 Å². The minimum Gasteiger partial charge on any atom is -0.322 e. The zero-order chi connectivity index (χ0) is 24.5. The van der Waals surface area contributed by atoms with Gasteiger partial charge in [-0.15, -0.1) is 0 Å². The molecule has 0 spiro atoms. The van der Waals surface area contributed by atoms with Gasteiger partial charge in [0.1, 0.15) is 0 Å². The van der Waals surface area contributed by atoms with Crippen molar-refractivity contribution >= 4 is 34.0 Å². The first kappa shape index (κ1) is 23.5. The van der Waals surface area contributed by atoms with Crippen molar-refractivity contribution < 1.29 is 18.0 Å². The highest BCUT2D eigenvalue weighted by Gasteiger charge is 2.30. The van der Waals surface area contributed by atoms with Crippen LogP contribution in [-0.4, -0.2) is 22.7 Å². The molecule has 1 aromatic heterocycles. The Morgan fingerprint density at radius 2 is 1.88 bits per heavy atom. The lowest BCUT2D eigenvalue weighted by molar-refractivity contribution is -0.137. The summed E-state index contributed by atoms with van der Waals surface area (Å²) in [6.07, 6.45) is -3.18. The molecule has 0 aliphatic carbocycles. The van der Waals surface area contributed by atoms with Gasteiger partial charge in [0, 0.05) is 17.6 Å². The quantitative estimate of drug-likeness (QED) is 0.415. The lowest BCUT2D eigenvalue weighted by atomic mass is 10.1. The lowest BCUT2D eigenvalue weighted by Gasteiger charge is -2.11. The Morgan fingerprint density at radius 3 is 2.62 bits per heavy atom. The Hall–Kier alpha value is -3.69. The number of benzene rings is 3. The molecule has 1 amide bonds. The average Bonchev–Trinajstić information content (AvgIpc) is 2.80. The number of alkyl halides is 3. The molecule has 3 aromatic carbocycles. The van der Waals surface area contributed by atoms with Gasteiger partial charge in [-0.05, 0) is 55.1 Å². The number of carbonyl (C=O) groups excluding carboxylic acids is 1. The topological polar surface area (TPSA) is 76.0 Å². The number of hydrogen-bond acceptors (Lipinski definition) is 4. The smallest absolute Gasteiger partial charge is 0.322 e. The highest BCUT2D eigenvalue weighted by molar-refractivity contribution is 6.34. The van der Waals surface area contributed by atoms with E-state index in [9.17, 15) is 22.8 Å². The number of anilines is 1. The summed E-state index contributed by atoms with van der Waals surface area (Å²) < 4.78 is 40.2. The number of nitrogens with one attached hydrogen (secondary N) is 2. The highest BCUT2D eigenvalue weighted by atomic mass is 35.5. The van der Waals surface area contributed by atoms with Gasteiger partial charge in [0.2, 0.25) is 0 Å². The number of hydrogen-bond donors (Lipinski definition) is 2. The molecule has 34 heavy (non-hydrogen) atoms. The fourth-order valence-electron chi connectivity index (χ4n) is 3.48. The summed E-state index contributed by atoms with van der Waals surface area (Å²) in [5.41, 5.74) is -0.0776. The van der Waals surface area contributed by atoms with Crippen LogP contribution in [0, 0.1) is 0 Å². The minimum atomic E-state index is -4.56. The average molecular weight is 487 g/mol. The van der Waals surface area contributed by atoms with Crippen molar-refractivity contribution in [1.82, 2.24) is 15.1 Å². The monoisotopic (exact) mass is 486 g/mol. The van der Waals surface area contributed by atoms with Crippen LogP contribution in [0.15, 0.2) is 71.7 Å². The molecule has 0 aliphatic heterocycles. The third kappa shape index (κ3) is 4.80. The molecule has 6 nitrogen and oxygen atoms in total. The second kappa shape index (κ2) is 9.28. The van der Waals surface area contributed by atoms with Gasteiger partial charge in [0.25, 0.3) is 11.5 Å². The fraction of sp³-hybridized carbons (Fsp3) is 0.125. The summed E-state index contributed by atoms with van der Waals surface area (Å²) in [4.78, 5) is 25.9. The molecule has 0 radical (unpaired) electrons. The van der Waals surface area contributed by atoms with Crippen LogP contribution >= 0.6 is 11.6 Å². The zero-order valence-electron chi connectivity index (χ0n) is 17.8. The molecule has 0 bridgehead atoms. The lowest BCUT2D eigenvalue weighted by Crippen LogP contribution is -2.22. The van der Waals surface area contributed by atoms with Gasteiger partial charge in [-0.25, -0.2) is 0 Å². The molecule has 0 fully saturated rings. The van der Waals surface area contributed by atoms with Crippen molar-refractivity contribution in [3.63, 3.8) is 0 Å². The largest absolute Gasteiger partial charge is 0.416 e. The molecule has 2 N–H and O–H groups in total. The van der Waals surface area contributed by atoms with E-state index >= 15 is 0 Å². The highest BCUT2D eigenvalue weighted by Crippen LogP contribution is 2.30. The second-order valence-corrected chi connectivity index (χ2v) is 7.92. The van der Waals surface area contributed by atoms with Crippen molar-refractivity contribution in [3.8, 4) is 5.69 Å². The van der Waals surface area contributed by atoms with Gasteiger partial charge in [0.05, 0.1) is 33.4 Å².